The summed E-state index contributed by atoms with van der Waals surface area (Å²) in [6.07, 6.45) is 1.78. The van der Waals surface area contributed by atoms with Crippen molar-refractivity contribution in [3.8, 4) is 17.0 Å². The van der Waals surface area contributed by atoms with Gasteiger partial charge in [-0.25, -0.2) is 9.50 Å². The number of carbonyl (C=O) groups excluding carboxylic acids is 1. The lowest BCUT2D eigenvalue weighted by atomic mass is 10.1. The van der Waals surface area contributed by atoms with Gasteiger partial charge in [0.05, 0.1) is 19.0 Å². The predicted octanol–water partition coefficient (Wildman–Crippen LogP) is 3.98. The lowest BCUT2D eigenvalue weighted by Gasteiger charge is -2.09. The molecule has 0 aliphatic rings. The zero-order valence-electron chi connectivity index (χ0n) is 16.2. The minimum atomic E-state index is -0.108. The van der Waals surface area contributed by atoms with Gasteiger partial charge >= 0.3 is 0 Å². The molecule has 0 saturated heterocycles. The first-order valence-electron chi connectivity index (χ1n) is 9.22. The first-order valence-corrected chi connectivity index (χ1v) is 9.22. The minimum absolute atomic E-state index is 0.108. The van der Waals surface area contributed by atoms with Crippen molar-refractivity contribution in [1.29, 1.82) is 0 Å². The van der Waals surface area contributed by atoms with E-state index in [1.54, 1.807) is 17.8 Å². The highest BCUT2D eigenvalue weighted by Crippen LogP contribution is 2.24. The topological polar surface area (TPSA) is 80.5 Å². The van der Waals surface area contributed by atoms with Gasteiger partial charge in [0.15, 0.2) is 5.65 Å². The van der Waals surface area contributed by atoms with Crippen LogP contribution in [0.1, 0.15) is 12.5 Å². The van der Waals surface area contributed by atoms with E-state index in [1.165, 1.54) is 6.92 Å². The third-order valence-electron chi connectivity index (χ3n) is 4.47. The van der Waals surface area contributed by atoms with Crippen molar-refractivity contribution in [3.05, 3.63) is 72.4 Å². The second-order valence-electron chi connectivity index (χ2n) is 6.60. The van der Waals surface area contributed by atoms with Gasteiger partial charge in [0.1, 0.15) is 11.6 Å². The van der Waals surface area contributed by atoms with E-state index in [2.05, 4.69) is 20.7 Å². The van der Waals surface area contributed by atoms with Crippen molar-refractivity contribution in [3.63, 3.8) is 0 Å². The van der Waals surface area contributed by atoms with Crippen LogP contribution in [-0.4, -0.2) is 27.6 Å². The van der Waals surface area contributed by atoms with Crippen LogP contribution in [0.2, 0.25) is 0 Å². The van der Waals surface area contributed by atoms with E-state index in [1.807, 2.05) is 60.7 Å². The number of hydrogen-bond donors (Lipinski definition) is 2. The molecule has 0 atom stereocenters. The average Bonchev–Trinajstić information content (AvgIpc) is 3.15. The van der Waals surface area contributed by atoms with Gasteiger partial charge in [-0.1, -0.05) is 24.3 Å². The maximum atomic E-state index is 11.3. The molecule has 0 spiro atoms. The third-order valence-corrected chi connectivity index (χ3v) is 4.47. The van der Waals surface area contributed by atoms with Crippen molar-refractivity contribution in [2.75, 3.05) is 17.7 Å². The highest BCUT2D eigenvalue weighted by Gasteiger charge is 2.09. The number of methoxy groups -OCH3 is 1. The van der Waals surface area contributed by atoms with E-state index in [-0.39, 0.29) is 5.91 Å². The highest BCUT2D eigenvalue weighted by atomic mass is 16.5. The molecule has 0 radical (unpaired) electrons. The molecule has 0 bridgehead atoms. The van der Waals surface area contributed by atoms with E-state index in [0.29, 0.717) is 6.54 Å². The lowest BCUT2D eigenvalue weighted by molar-refractivity contribution is -0.114. The molecule has 0 aliphatic heterocycles. The second-order valence-corrected chi connectivity index (χ2v) is 6.60. The van der Waals surface area contributed by atoms with Gasteiger partial charge in [-0.2, -0.15) is 0 Å². The monoisotopic (exact) mass is 387 g/mol. The summed E-state index contributed by atoms with van der Waals surface area (Å²) in [5, 5.41) is 10.8. The summed E-state index contributed by atoms with van der Waals surface area (Å²) in [6, 6.07) is 19.3. The minimum Gasteiger partial charge on any atom is -0.497 e. The normalized spacial score (nSPS) is 10.7. The van der Waals surface area contributed by atoms with Crippen LogP contribution in [-0.2, 0) is 11.3 Å². The number of ether oxygens (including phenoxy) is 1. The van der Waals surface area contributed by atoms with E-state index >= 15 is 0 Å². The molecule has 4 aromatic rings. The summed E-state index contributed by atoms with van der Waals surface area (Å²) in [5.74, 6) is 1.46. The largest absolute Gasteiger partial charge is 0.497 e. The number of nitrogens with zero attached hydrogens (tertiary/aromatic N) is 3. The van der Waals surface area contributed by atoms with Crippen LogP contribution in [0.3, 0.4) is 0 Å². The van der Waals surface area contributed by atoms with Crippen LogP contribution < -0.4 is 15.4 Å². The van der Waals surface area contributed by atoms with Gasteiger partial charge < -0.3 is 15.4 Å². The number of nitrogens with one attached hydrogen (secondary N) is 2. The van der Waals surface area contributed by atoms with Crippen molar-refractivity contribution in [2.45, 2.75) is 13.5 Å². The zero-order chi connectivity index (χ0) is 20.2. The lowest BCUT2D eigenvalue weighted by Crippen LogP contribution is -2.06. The van der Waals surface area contributed by atoms with Crippen LogP contribution >= 0.6 is 0 Å². The average molecular weight is 387 g/mol. The number of benzene rings is 2. The van der Waals surface area contributed by atoms with E-state index in [0.717, 1.165) is 39.7 Å². The Morgan fingerprint density at radius 2 is 1.93 bits per heavy atom. The number of carbonyl (C=O) groups is 1. The smallest absolute Gasteiger partial charge is 0.221 e. The Hall–Kier alpha value is -3.87. The van der Waals surface area contributed by atoms with Gasteiger partial charge in [-0.05, 0) is 42.0 Å². The standard InChI is InChI=1S/C22H21N5O2/c1-15(28)25-18-5-3-4-17(12-18)20-14-24-22-11-10-21(26-27(20)22)23-13-16-6-8-19(29-2)9-7-16/h3-12,14H,13H2,1-2H3,(H,23,26)(H,25,28). The first kappa shape index (κ1) is 18.5. The number of rotatable bonds is 6. The Labute approximate surface area is 168 Å². The number of hydrogen-bond acceptors (Lipinski definition) is 5. The second kappa shape index (κ2) is 8.02. The molecule has 0 unspecified atom stereocenters. The fraction of sp³-hybridized carbons (Fsp3) is 0.136. The summed E-state index contributed by atoms with van der Waals surface area (Å²) in [4.78, 5) is 15.8. The van der Waals surface area contributed by atoms with Crippen molar-refractivity contribution in [1.82, 2.24) is 14.6 Å². The van der Waals surface area contributed by atoms with Gasteiger partial charge in [0, 0.05) is 24.7 Å². The Morgan fingerprint density at radius 3 is 2.69 bits per heavy atom. The molecule has 4 rings (SSSR count). The molecule has 2 heterocycles. The maximum absolute atomic E-state index is 11.3. The van der Waals surface area contributed by atoms with Crippen LogP contribution in [0.25, 0.3) is 16.9 Å². The van der Waals surface area contributed by atoms with E-state index < -0.39 is 0 Å². The van der Waals surface area contributed by atoms with Crippen LogP contribution in [0, 0.1) is 0 Å². The number of aromatic nitrogens is 3. The fourth-order valence-electron chi connectivity index (χ4n) is 3.06. The van der Waals surface area contributed by atoms with Gasteiger partial charge in [0.25, 0.3) is 0 Å². The Balaban J connectivity index is 1.58. The number of fused-ring (bicyclic) bond motifs is 1. The molecule has 7 heteroatoms. The molecule has 2 aromatic carbocycles. The number of anilines is 2. The number of amides is 1. The fourth-order valence-corrected chi connectivity index (χ4v) is 3.06. The quantitative estimate of drug-likeness (QED) is 0.523. The van der Waals surface area contributed by atoms with Crippen LogP contribution in [0.5, 0.6) is 5.75 Å². The van der Waals surface area contributed by atoms with Crippen LogP contribution in [0.15, 0.2) is 66.9 Å². The molecule has 0 fully saturated rings. The molecular weight excluding hydrogens is 366 g/mol. The third kappa shape index (κ3) is 4.19. The van der Waals surface area contributed by atoms with E-state index in [9.17, 15) is 4.79 Å². The summed E-state index contributed by atoms with van der Waals surface area (Å²) in [5.41, 5.74) is 4.38. The predicted molar refractivity (Wildman–Crippen MR) is 113 cm³/mol. The van der Waals surface area contributed by atoms with Crippen molar-refractivity contribution in [2.24, 2.45) is 0 Å². The summed E-state index contributed by atoms with van der Waals surface area (Å²) < 4.78 is 6.98. The van der Waals surface area contributed by atoms with E-state index in [4.69, 9.17) is 4.74 Å². The molecule has 7 nitrogen and oxygen atoms in total. The van der Waals surface area contributed by atoms with Gasteiger partial charge in [0.2, 0.25) is 5.91 Å². The molecular formula is C22H21N5O2. The maximum Gasteiger partial charge on any atom is 0.221 e. The first-order chi connectivity index (χ1) is 14.1. The zero-order valence-corrected chi connectivity index (χ0v) is 16.2. The highest BCUT2D eigenvalue weighted by molar-refractivity contribution is 5.89. The van der Waals surface area contributed by atoms with Crippen molar-refractivity contribution < 1.29 is 9.53 Å². The molecule has 146 valence electrons. The molecule has 0 saturated carbocycles. The van der Waals surface area contributed by atoms with Gasteiger partial charge in [-0.3, -0.25) is 4.79 Å². The Kier molecular flexibility index (Phi) is 5.11. The summed E-state index contributed by atoms with van der Waals surface area (Å²) in [7, 11) is 1.65. The molecule has 2 aromatic heterocycles. The van der Waals surface area contributed by atoms with Crippen LogP contribution in [0.4, 0.5) is 11.5 Å². The molecule has 2 N–H and O–H groups in total. The molecule has 1 amide bonds. The van der Waals surface area contributed by atoms with Gasteiger partial charge in [-0.15, -0.1) is 5.10 Å². The molecule has 29 heavy (non-hydrogen) atoms. The summed E-state index contributed by atoms with van der Waals surface area (Å²) >= 11 is 0. The number of imidazole rings is 1. The molecule has 0 aliphatic carbocycles. The Bertz CT molecular complexity index is 1150. The Morgan fingerprint density at radius 1 is 1.10 bits per heavy atom. The SMILES string of the molecule is COc1ccc(CNc2ccc3ncc(-c4cccc(NC(C)=O)c4)n3n2)cc1. The summed E-state index contributed by atoms with van der Waals surface area (Å²) in [6.45, 7) is 2.13. The van der Waals surface area contributed by atoms with Crippen molar-refractivity contribution >= 4 is 23.1 Å².